The van der Waals surface area contributed by atoms with Gasteiger partial charge in [-0.3, -0.25) is 4.79 Å². The van der Waals surface area contributed by atoms with Gasteiger partial charge in [0.15, 0.2) is 0 Å². The molecule has 0 spiro atoms. The number of ether oxygens (including phenoxy) is 2. The van der Waals surface area contributed by atoms with Gasteiger partial charge in [0.05, 0.1) is 6.61 Å². The Morgan fingerprint density at radius 3 is 1.93 bits per heavy atom. The maximum atomic E-state index is 11.7. The molecule has 2 aromatic rings. The van der Waals surface area contributed by atoms with Crippen molar-refractivity contribution in [1.82, 2.24) is 0 Å². The summed E-state index contributed by atoms with van der Waals surface area (Å²) in [6, 6.07) is 20.1. The zero-order chi connectivity index (χ0) is 20.4. The highest BCUT2D eigenvalue weighted by Gasteiger charge is 2.02. The number of carbonyl (C=O) groups is 1. The van der Waals surface area contributed by atoms with Crippen LogP contribution in [0.25, 0.3) is 0 Å². The highest BCUT2D eigenvalue weighted by Crippen LogP contribution is 2.07. The van der Waals surface area contributed by atoms with E-state index in [0.717, 1.165) is 44.3 Å². The maximum Gasteiger partial charge on any atom is 0.306 e. The zero-order valence-electron chi connectivity index (χ0n) is 17.4. The second-order valence-corrected chi connectivity index (χ2v) is 7.25. The Balaban J connectivity index is 1.34. The van der Waals surface area contributed by atoms with Crippen LogP contribution in [0.15, 0.2) is 72.8 Å². The van der Waals surface area contributed by atoms with Crippen molar-refractivity contribution in [3.63, 3.8) is 0 Å². The number of rotatable bonds is 15. The fraction of sp³-hybridized carbons (Fsp3) is 0.423. The Labute approximate surface area is 175 Å². The molecule has 0 unspecified atom stereocenters. The molecule has 0 aliphatic rings. The summed E-state index contributed by atoms with van der Waals surface area (Å²) in [5, 5.41) is 0. The average Bonchev–Trinajstić information content (AvgIpc) is 2.77. The van der Waals surface area contributed by atoms with E-state index < -0.39 is 0 Å². The second-order valence-electron chi connectivity index (χ2n) is 7.25. The molecule has 2 rings (SSSR count). The van der Waals surface area contributed by atoms with E-state index in [-0.39, 0.29) is 5.97 Å². The molecule has 0 atom stereocenters. The minimum absolute atomic E-state index is 0.104. The lowest BCUT2D eigenvalue weighted by Gasteiger charge is -2.04. The molecule has 3 nitrogen and oxygen atoms in total. The summed E-state index contributed by atoms with van der Waals surface area (Å²) in [6.45, 7) is 1.91. The van der Waals surface area contributed by atoms with E-state index in [1.54, 1.807) is 0 Å². The number of unbranched alkanes of at least 4 members (excludes halogenated alkanes) is 5. The van der Waals surface area contributed by atoms with Crippen LogP contribution in [0.1, 0.15) is 62.5 Å². The molecule has 0 radical (unpaired) electrons. The summed E-state index contributed by atoms with van der Waals surface area (Å²) < 4.78 is 11.0. The Morgan fingerprint density at radius 2 is 1.28 bits per heavy atom. The molecule has 0 aromatic heterocycles. The van der Waals surface area contributed by atoms with Crippen LogP contribution < -0.4 is 0 Å². The molecule has 0 N–H and O–H groups in total. The topological polar surface area (TPSA) is 35.5 Å². The van der Waals surface area contributed by atoms with Gasteiger partial charge in [0.1, 0.15) is 6.61 Å². The summed E-state index contributed by atoms with van der Waals surface area (Å²) in [6.07, 6.45) is 12.6. The number of benzene rings is 2. The molecule has 2 aromatic carbocycles. The van der Waals surface area contributed by atoms with Crippen LogP contribution in [0.2, 0.25) is 0 Å². The minimum Gasteiger partial charge on any atom is -0.461 e. The lowest BCUT2D eigenvalue weighted by molar-refractivity contribution is -0.145. The second kappa shape index (κ2) is 15.5. The molecule has 0 aliphatic carbocycles. The SMILES string of the molecule is O=C(CCCC/C=C/CCCCCOCc1ccccc1)OCc1ccccc1. The number of allylic oxidation sites excluding steroid dienone is 2. The van der Waals surface area contributed by atoms with E-state index in [4.69, 9.17) is 9.47 Å². The highest BCUT2D eigenvalue weighted by molar-refractivity contribution is 5.69. The monoisotopic (exact) mass is 394 g/mol. The van der Waals surface area contributed by atoms with Gasteiger partial charge in [-0.1, -0.05) is 79.2 Å². The largest absolute Gasteiger partial charge is 0.461 e. The highest BCUT2D eigenvalue weighted by atomic mass is 16.5. The molecule has 29 heavy (non-hydrogen) atoms. The number of carbonyl (C=O) groups excluding carboxylic acids is 1. The third-order valence-corrected chi connectivity index (χ3v) is 4.68. The smallest absolute Gasteiger partial charge is 0.306 e. The van der Waals surface area contributed by atoms with Crippen molar-refractivity contribution in [2.45, 2.75) is 64.6 Å². The van der Waals surface area contributed by atoms with E-state index in [9.17, 15) is 4.79 Å². The predicted molar refractivity (Wildman–Crippen MR) is 118 cm³/mol. The first kappa shape index (κ1) is 22.9. The summed E-state index contributed by atoms with van der Waals surface area (Å²) in [5.41, 5.74) is 2.27. The fourth-order valence-electron chi connectivity index (χ4n) is 2.98. The van der Waals surface area contributed by atoms with Gasteiger partial charge in [0.25, 0.3) is 0 Å². The van der Waals surface area contributed by atoms with E-state index in [0.29, 0.717) is 19.6 Å². The van der Waals surface area contributed by atoms with Crippen molar-refractivity contribution in [2.75, 3.05) is 6.61 Å². The Bertz CT molecular complexity index is 680. The van der Waals surface area contributed by atoms with Crippen molar-refractivity contribution < 1.29 is 14.3 Å². The number of esters is 1. The van der Waals surface area contributed by atoms with Gasteiger partial charge in [0.2, 0.25) is 0 Å². The summed E-state index contributed by atoms with van der Waals surface area (Å²) >= 11 is 0. The predicted octanol–water partition coefficient (Wildman–Crippen LogP) is 6.62. The first-order valence-corrected chi connectivity index (χ1v) is 10.8. The normalized spacial score (nSPS) is 11.0. The van der Waals surface area contributed by atoms with Crippen molar-refractivity contribution in [2.24, 2.45) is 0 Å². The molecular weight excluding hydrogens is 360 g/mol. The fourth-order valence-corrected chi connectivity index (χ4v) is 2.98. The summed E-state index contributed by atoms with van der Waals surface area (Å²) in [4.78, 5) is 11.7. The number of hydrogen-bond donors (Lipinski definition) is 0. The minimum atomic E-state index is -0.104. The van der Waals surface area contributed by atoms with Crippen molar-refractivity contribution >= 4 is 5.97 Å². The molecule has 0 saturated carbocycles. The lowest BCUT2D eigenvalue weighted by atomic mass is 10.1. The van der Waals surface area contributed by atoms with E-state index in [1.165, 1.54) is 18.4 Å². The zero-order valence-corrected chi connectivity index (χ0v) is 17.4. The molecule has 156 valence electrons. The first-order valence-electron chi connectivity index (χ1n) is 10.8. The Hall–Kier alpha value is -2.39. The van der Waals surface area contributed by atoms with Crippen LogP contribution in [0.5, 0.6) is 0 Å². The average molecular weight is 395 g/mol. The molecular formula is C26H34O3. The van der Waals surface area contributed by atoms with Gasteiger partial charge in [-0.25, -0.2) is 0 Å². The first-order chi connectivity index (χ1) is 14.3. The lowest BCUT2D eigenvalue weighted by Crippen LogP contribution is -2.04. The van der Waals surface area contributed by atoms with Gasteiger partial charge in [-0.2, -0.15) is 0 Å². The number of hydrogen-bond acceptors (Lipinski definition) is 3. The van der Waals surface area contributed by atoms with Crippen molar-refractivity contribution in [3.05, 3.63) is 83.9 Å². The van der Waals surface area contributed by atoms with Gasteiger partial charge < -0.3 is 9.47 Å². The Morgan fingerprint density at radius 1 is 0.690 bits per heavy atom. The van der Waals surface area contributed by atoms with Gasteiger partial charge in [-0.05, 0) is 49.7 Å². The van der Waals surface area contributed by atoms with Gasteiger partial charge in [0, 0.05) is 13.0 Å². The Kier molecular flexibility index (Phi) is 12.3. The molecule has 0 bridgehead atoms. The standard InChI is InChI=1S/C26H34O3/c27-26(29-23-25-18-12-9-13-19-25)20-14-6-4-2-1-3-5-7-15-21-28-22-24-16-10-8-11-17-24/h1-2,8-13,16-19H,3-7,14-15,20-23H2/b2-1+. The van der Waals surface area contributed by atoms with Crippen LogP contribution in [0.3, 0.4) is 0 Å². The maximum absolute atomic E-state index is 11.7. The third kappa shape index (κ3) is 11.9. The third-order valence-electron chi connectivity index (χ3n) is 4.68. The van der Waals surface area contributed by atoms with Crippen LogP contribution in [-0.4, -0.2) is 12.6 Å². The molecule has 0 amide bonds. The molecule has 0 fully saturated rings. The molecule has 0 aliphatic heterocycles. The van der Waals surface area contributed by atoms with Gasteiger partial charge >= 0.3 is 5.97 Å². The van der Waals surface area contributed by atoms with Crippen LogP contribution in [0.4, 0.5) is 0 Å². The summed E-state index contributed by atoms with van der Waals surface area (Å²) in [7, 11) is 0. The summed E-state index contributed by atoms with van der Waals surface area (Å²) in [5.74, 6) is -0.104. The molecule has 3 heteroatoms. The molecule has 0 saturated heterocycles. The van der Waals surface area contributed by atoms with Crippen LogP contribution in [-0.2, 0) is 27.5 Å². The van der Waals surface area contributed by atoms with Gasteiger partial charge in [-0.15, -0.1) is 0 Å². The van der Waals surface area contributed by atoms with Crippen LogP contribution in [0, 0.1) is 0 Å². The van der Waals surface area contributed by atoms with E-state index >= 15 is 0 Å². The van der Waals surface area contributed by atoms with Crippen LogP contribution >= 0.6 is 0 Å². The molecule has 0 heterocycles. The quantitative estimate of drug-likeness (QED) is 0.193. The van der Waals surface area contributed by atoms with Crippen molar-refractivity contribution in [3.8, 4) is 0 Å². The van der Waals surface area contributed by atoms with E-state index in [2.05, 4.69) is 24.3 Å². The van der Waals surface area contributed by atoms with E-state index in [1.807, 2.05) is 48.5 Å². The van der Waals surface area contributed by atoms with Crippen molar-refractivity contribution in [1.29, 1.82) is 0 Å².